The average molecular weight is 218 g/mol. The predicted molar refractivity (Wildman–Crippen MR) is 65.1 cm³/mol. The van der Waals surface area contributed by atoms with Crippen LogP contribution < -0.4 is 5.73 Å². The Hall–Kier alpha value is -1.35. The number of anilines is 1. The van der Waals surface area contributed by atoms with Gasteiger partial charge in [-0.3, -0.25) is 9.69 Å². The molecule has 1 heterocycles. The van der Waals surface area contributed by atoms with Gasteiger partial charge in [-0.15, -0.1) is 0 Å². The van der Waals surface area contributed by atoms with E-state index >= 15 is 0 Å². The van der Waals surface area contributed by atoms with Crippen LogP contribution in [0.1, 0.15) is 31.9 Å². The molecule has 0 radical (unpaired) electrons. The number of Topliss-reactive ketones (excluding diaryl/α,β-unsaturated/α-hetero) is 1. The summed E-state index contributed by atoms with van der Waals surface area (Å²) in [6, 6.07) is 7.96. The monoisotopic (exact) mass is 218 g/mol. The van der Waals surface area contributed by atoms with E-state index in [0.29, 0.717) is 18.2 Å². The van der Waals surface area contributed by atoms with Crippen LogP contribution in [-0.2, 0) is 4.79 Å². The number of nitrogen functional groups attached to an aromatic ring is 1. The van der Waals surface area contributed by atoms with Crippen molar-refractivity contribution < 1.29 is 4.79 Å². The molecule has 16 heavy (non-hydrogen) atoms. The first kappa shape index (κ1) is 11.1. The smallest absolute Gasteiger partial charge is 0.155 e. The van der Waals surface area contributed by atoms with Gasteiger partial charge in [0.2, 0.25) is 0 Å². The Morgan fingerprint density at radius 2 is 1.94 bits per heavy atom. The Kier molecular flexibility index (Phi) is 2.97. The van der Waals surface area contributed by atoms with Crippen molar-refractivity contribution in [1.82, 2.24) is 4.90 Å². The van der Waals surface area contributed by atoms with Gasteiger partial charge in [0.25, 0.3) is 0 Å². The maximum atomic E-state index is 11.9. The molecule has 0 bridgehead atoms. The van der Waals surface area contributed by atoms with Crippen molar-refractivity contribution in [2.75, 3.05) is 12.3 Å². The third-order valence-corrected chi connectivity index (χ3v) is 3.17. The highest BCUT2D eigenvalue weighted by Gasteiger charge is 2.34. The van der Waals surface area contributed by atoms with Gasteiger partial charge in [0.15, 0.2) is 5.78 Å². The summed E-state index contributed by atoms with van der Waals surface area (Å²) < 4.78 is 0. The number of carbonyl (C=O) groups is 1. The summed E-state index contributed by atoms with van der Waals surface area (Å²) in [7, 11) is 0. The van der Waals surface area contributed by atoms with Crippen molar-refractivity contribution in [3.63, 3.8) is 0 Å². The van der Waals surface area contributed by atoms with Gasteiger partial charge in [0.1, 0.15) is 0 Å². The molecule has 1 fully saturated rings. The van der Waals surface area contributed by atoms with Crippen molar-refractivity contribution in [3.8, 4) is 0 Å². The maximum Gasteiger partial charge on any atom is 0.155 e. The van der Waals surface area contributed by atoms with Crippen molar-refractivity contribution >= 4 is 11.5 Å². The van der Waals surface area contributed by atoms with Gasteiger partial charge in [-0.05, 0) is 31.5 Å². The first-order valence-electron chi connectivity index (χ1n) is 5.73. The van der Waals surface area contributed by atoms with Gasteiger partial charge in [0.05, 0.1) is 6.04 Å². The molecule has 1 aliphatic rings. The van der Waals surface area contributed by atoms with E-state index in [1.165, 1.54) is 0 Å². The molecule has 1 aliphatic heterocycles. The summed E-state index contributed by atoms with van der Waals surface area (Å²) in [5, 5.41) is 0. The van der Waals surface area contributed by atoms with Gasteiger partial charge >= 0.3 is 0 Å². The van der Waals surface area contributed by atoms with E-state index in [4.69, 9.17) is 5.73 Å². The van der Waals surface area contributed by atoms with Crippen molar-refractivity contribution in [2.45, 2.75) is 32.4 Å². The van der Waals surface area contributed by atoms with Crippen molar-refractivity contribution in [1.29, 1.82) is 0 Å². The molecular formula is C13H18N2O. The van der Waals surface area contributed by atoms with Crippen LogP contribution in [0.3, 0.4) is 0 Å². The topological polar surface area (TPSA) is 46.3 Å². The van der Waals surface area contributed by atoms with E-state index in [1.807, 2.05) is 24.3 Å². The van der Waals surface area contributed by atoms with Crippen LogP contribution in [0.4, 0.5) is 5.69 Å². The number of nitrogens with zero attached hydrogens (tertiary/aromatic N) is 1. The predicted octanol–water partition coefficient (Wildman–Crippen LogP) is 1.99. The lowest BCUT2D eigenvalue weighted by molar-refractivity contribution is -0.120. The standard InChI is InChI=1S/C13H18N2O/c1-9(2)15-8-7-12(16)13(15)10-3-5-11(14)6-4-10/h3-6,9,13H,7-8,14H2,1-2H3. The molecule has 3 heteroatoms. The molecule has 1 saturated heterocycles. The number of carbonyl (C=O) groups excluding carboxylic acids is 1. The molecule has 2 N–H and O–H groups in total. The van der Waals surface area contributed by atoms with Crippen LogP contribution in [0.15, 0.2) is 24.3 Å². The van der Waals surface area contributed by atoms with Gasteiger partial charge < -0.3 is 5.73 Å². The van der Waals surface area contributed by atoms with Crippen molar-refractivity contribution in [3.05, 3.63) is 29.8 Å². The Labute approximate surface area is 96.2 Å². The van der Waals surface area contributed by atoms with E-state index in [9.17, 15) is 4.79 Å². The van der Waals surface area contributed by atoms with Crippen LogP contribution in [0.25, 0.3) is 0 Å². The number of ketones is 1. The van der Waals surface area contributed by atoms with E-state index in [1.54, 1.807) is 0 Å². The lowest BCUT2D eigenvalue weighted by Crippen LogP contribution is -2.31. The van der Waals surface area contributed by atoms with Gasteiger partial charge in [0, 0.05) is 24.7 Å². The third-order valence-electron chi connectivity index (χ3n) is 3.17. The Bertz CT molecular complexity index is 383. The van der Waals surface area contributed by atoms with Crippen LogP contribution in [-0.4, -0.2) is 23.3 Å². The molecule has 0 aliphatic carbocycles. The van der Waals surface area contributed by atoms with E-state index < -0.39 is 0 Å². The molecule has 0 amide bonds. The zero-order valence-electron chi connectivity index (χ0n) is 9.81. The quantitative estimate of drug-likeness (QED) is 0.772. The molecule has 3 nitrogen and oxygen atoms in total. The summed E-state index contributed by atoms with van der Waals surface area (Å²) in [4.78, 5) is 14.1. The molecule has 1 aromatic carbocycles. The Morgan fingerprint density at radius 3 is 2.50 bits per heavy atom. The van der Waals surface area contributed by atoms with E-state index in [0.717, 1.165) is 17.8 Å². The Balaban J connectivity index is 2.30. The highest BCUT2D eigenvalue weighted by atomic mass is 16.1. The molecule has 1 unspecified atom stereocenters. The molecular weight excluding hydrogens is 200 g/mol. The highest BCUT2D eigenvalue weighted by Crippen LogP contribution is 2.30. The van der Waals surface area contributed by atoms with Crippen LogP contribution >= 0.6 is 0 Å². The molecule has 86 valence electrons. The van der Waals surface area contributed by atoms with Crippen molar-refractivity contribution in [2.24, 2.45) is 0 Å². The van der Waals surface area contributed by atoms with Crippen LogP contribution in [0.5, 0.6) is 0 Å². The van der Waals surface area contributed by atoms with E-state index in [-0.39, 0.29) is 6.04 Å². The third kappa shape index (κ3) is 1.95. The Morgan fingerprint density at radius 1 is 1.31 bits per heavy atom. The fourth-order valence-electron chi connectivity index (χ4n) is 2.30. The fraction of sp³-hybridized carbons (Fsp3) is 0.462. The van der Waals surface area contributed by atoms with Gasteiger partial charge in [-0.2, -0.15) is 0 Å². The fourth-order valence-corrected chi connectivity index (χ4v) is 2.30. The molecule has 1 aromatic rings. The second-order valence-corrected chi connectivity index (χ2v) is 4.62. The molecule has 0 aromatic heterocycles. The van der Waals surface area contributed by atoms with Gasteiger partial charge in [-0.1, -0.05) is 12.1 Å². The summed E-state index contributed by atoms with van der Waals surface area (Å²) in [5.41, 5.74) is 7.46. The van der Waals surface area contributed by atoms with Crippen LogP contribution in [0.2, 0.25) is 0 Å². The summed E-state index contributed by atoms with van der Waals surface area (Å²) in [5.74, 6) is 0.318. The lowest BCUT2D eigenvalue weighted by atomic mass is 10.0. The minimum Gasteiger partial charge on any atom is -0.399 e. The normalized spacial score (nSPS) is 21.9. The summed E-state index contributed by atoms with van der Waals surface area (Å²) in [6.45, 7) is 5.12. The largest absolute Gasteiger partial charge is 0.399 e. The minimum atomic E-state index is -0.0689. The molecule has 0 spiro atoms. The number of hydrogen-bond acceptors (Lipinski definition) is 3. The number of likely N-dealkylation sites (tertiary alicyclic amines) is 1. The number of rotatable bonds is 2. The second-order valence-electron chi connectivity index (χ2n) is 4.62. The number of benzene rings is 1. The molecule has 1 atom stereocenters. The first-order valence-corrected chi connectivity index (χ1v) is 5.73. The SMILES string of the molecule is CC(C)N1CCC(=O)C1c1ccc(N)cc1. The van der Waals surface area contributed by atoms with Gasteiger partial charge in [-0.25, -0.2) is 0 Å². The number of nitrogens with two attached hydrogens (primary N) is 1. The summed E-state index contributed by atoms with van der Waals surface area (Å²) in [6.07, 6.45) is 0.660. The minimum absolute atomic E-state index is 0.0689. The average Bonchev–Trinajstić information content (AvgIpc) is 2.62. The maximum absolute atomic E-state index is 11.9. The molecule has 2 rings (SSSR count). The first-order chi connectivity index (χ1) is 7.59. The van der Waals surface area contributed by atoms with Crippen LogP contribution in [0, 0.1) is 0 Å². The number of hydrogen-bond donors (Lipinski definition) is 1. The zero-order chi connectivity index (χ0) is 11.7. The summed E-state index contributed by atoms with van der Waals surface area (Å²) >= 11 is 0. The zero-order valence-corrected chi connectivity index (χ0v) is 9.81. The second kappa shape index (κ2) is 4.26. The van der Waals surface area contributed by atoms with E-state index in [2.05, 4.69) is 18.7 Å². The highest BCUT2D eigenvalue weighted by molar-refractivity contribution is 5.87. The lowest BCUT2D eigenvalue weighted by Gasteiger charge is -2.27. The molecule has 0 saturated carbocycles.